The second-order valence-electron chi connectivity index (χ2n) is 8.08. The fourth-order valence-corrected chi connectivity index (χ4v) is 3.63. The number of ether oxygens (including phenoxy) is 1. The Morgan fingerprint density at radius 3 is 2.50 bits per heavy atom. The van der Waals surface area contributed by atoms with Gasteiger partial charge in [0.2, 0.25) is 0 Å². The van der Waals surface area contributed by atoms with Crippen LogP contribution in [0.15, 0.2) is 48.5 Å². The minimum atomic E-state index is -0.938. The summed E-state index contributed by atoms with van der Waals surface area (Å²) >= 11 is 5.91. The van der Waals surface area contributed by atoms with Crippen molar-refractivity contribution >= 4 is 17.5 Å². The third kappa shape index (κ3) is 5.73. The standard InChI is InChI=1S/C23H29ClN2O2/c1-17-5-4-6-18(15-17)16-26-13-11-20(12-14-26)25-22(27)23(2,3)28-21-9-7-19(24)8-10-21/h4-10,15,20H,11-14,16H2,1-3H3,(H,25,27). The van der Waals surface area contributed by atoms with E-state index in [0.717, 1.165) is 32.5 Å². The maximum absolute atomic E-state index is 12.7. The Hall–Kier alpha value is -2.04. The smallest absolute Gasteiger partial charge is 0.263 e. The number of rotatable bonds is 6. The zero-order valence-corrected chi connectivity index (χ0v) is 17.6. The van der Waals surface area contributed by atoms with Crippen LogP contribution in [0.1, 0.15) is 37.8 Å². The second kappa shape index (κ2) is 8.97. The molecule has 1 saturated heterocycles. The Morgan fingerprint density at radius 1 is 1.18 bits per heavy atom. The van der Waals surface area contributed by atoms with Crippen molar-refractivity contribution in [2.24, 2.45) is 0 Å². The molecule has 0 aliphatic carbocycles. The van der Waals surface area contributed by atoms with Crippen LogP contribution in [0.5, 0.6) is 5.75 Å². The number of nitrogens with one attached hydrogen (secondary N) is 1. The number of carbonyl (C=O) groups excluding carboxylic acids is 1. The molecule has 150 valence electrons. The molecule has 4 nitrogen and oxygen atoms in total. The summed E-state index contributed by atoms with van der Waals surface area (Å²) in [6.45, 7) is 8.65. The van der Waals surface area contributed by atoms with E-state index >= 15 is 0 Å². The van der Waals surface area contributed by atoms with Crippen LogP contribution in [0.2, 0.25) is 5.02 Å². The van der Waals surface area contributed by atoms with Crippen LogP contribution >= 0.6 is 11.6 Å². The predicted molar refractivity (Wildman–Crippen MR) is 114 cm³/mol. The van der Waals surface area contributed by atoms with Gasteiger partial charge in [-0.05, 0) is 63.4 Å². The summed E-state index contributed by atoms with van der Waals surface area (Å²) in [5, 5.41) is 3.81. The van der Waals surface area contributed by atoms with Crippen LogP contribution in [0.3, 0.4) is 0 Å². The molecule has 1 amide bonds. The number of halogens is 1. The number of aryl methyl sites for hydroxylation is 1. The van der Waals surface area contributed by atoms with E-state index in [9.17, 15) is 4.79 Å². The molecule has 1 aliphatic heterocycles. The average Bonchev–Trinajstić information content (AvgIpc) is 2.65. The molecule has 1 aliphatic rings. The van der Waals surface area contributed by atoms with Crippen LogP contribution in [0.25, 0.3) is 0 Å². The second-order valence-corrected chi connectivity index (χ2v) is 8.52. The van der Waals surface area contributed by atoms with Gasteiger partial charge in [0.05, 0.1) is 0 Å². The molecule has 0 atom stereocenters. The van der Waals surface area contributed by atoms with Gasteiger partial charge in [-0.1, -0.05) is 41.4 Å². The lowest BCUT2D eigenvalue weighted by molar-refractivity contribution is -0.135. The summed E-state index contributed by atoms with van der Waals surface area (Å²) in [4.78, 5) is 15.2. The van der Waals surface area contributed by atoms with E-state index in [1.165, 1.54) is 11.1 Å². The highest BCUT2D eigenvalue weighted by molar-refractivity contribution is 6.30. The molecule has 28 heavy (non-hydrogen) atoms. The van der Waals surface area contributed by atoms with Crippen molar-refractivity contribution in [3.8, 4) is 5.75 Å². The van der Waals surface area contributed by atoms with Crippen molar-refractivity contribution in [2.45, 2.75) is 51.8 Å². The molecule has 0 saturated carbocycles. The molecule has 2 aromatic rings. The van der Waals surface area contributed by atoms with Gasteiger partial charge in [-0.25, -0.2) is 0 Å². The number of hydrogen-bond donors (Lipinski definition) is 1. The third-order valence-corrected chi connectivity index (χ3v) is 5.40. The monoisotopic (exact) mass is 400 g/mol. The number of carbonyl (C=O) groups is 1. The minimum absolute atomic E-state index is 0.0837. The van der Waals surface area contributed by atoms with E-state index in [-0.39, 0.29) is 11.9 Å². The van der Waals surface area contributed by atoms with Gasteiger partial charge in [0, 0.05) is 30.7 Å². The topological polar surface area (TPSA) is 41.6 Å². The first-order chi connectivity index (χ1) is 13.3. The Morgan fingerprint density at radius 2 is 1.86 bits per heavy atom. The largest absolute Gasteiger partial charge is 0.478 e. The van der Waals surface area contributed by atoms with Gasteiger partial charge in [-0.15, -0.1) is 0 Å². The molecule has 0 unspecified atom stereocenters. The summed E-state index contributed by atoms with van der Waals surface area (Å²) in [5.41, 5.74) is 1.70. The number of likely N-dealkylation sites (tertiary alicyclic amines) is 1. The first-order valence-corrected chi connectivity index (χ1v) is 10.2. The number of amides is 1. The molecule has 1 heterocycles. The molecular weight excluding hydrogens is 372 g/mol. The van der Waals surface area contributed by atoms with Gasteiger partial charge < -0.3 is 10.1 Å². The highest BCUT2D eigenvalue weighted by atomic mass is 35.5. The Balaban J connectivity index is 1.48. The molecule has 0 bridgehead atoms. The summed E-state index contributed by atoms with van der Waals surface area (Å²) in [7, 11) is 0. The van der Waals surface area contributed by atoms with Crippen molar-refractivity contribution in [1.82, 2.24) is 10.2 Å². The maximum atomic E-state index is 12.7. The Labute approximate surface area is 172 Å². The van der Waals surface area contributed by atoms with Gasteiger partial charge in [-0.2, -0.15) is 0 Å². The lowest BCUT2D eigenvalue weighted by Gasteiger charge is -2.34. The van der Waals surface area contributed by atoms with Gasteiger partial charge in [0.1, 0.15) is 5.75 Å². The van der Waals surface area contributed by atoms with E-state index < -0.39 is 5.60 Å². The zero-order valence-electron chi connectivity index (χ0n) is 16.9. The van der Waals surface area contributed by atoms with Crippen LogP contribution in [-0.4, -0.2) is 35.5 Å². The van der Waals surface area contributed by atoms with Crippen LogP contribution in [0, 0.1) is 6.92 Å². The van der Waals surface area contributed by atoms with Crippen LogP contribution < -0.4 is 10.1 Å². The van der Waals surface area contributed by atoms with Crippen molar-refractivity contribution in [3.05, 3.63) is 64.7 Å². The maximum Gasteiger partial charge on any atom is 0.263 e. The van der Waals surface area contributed by atoms with E-state index in [0.29, 0.717) is 10.8 Å². The zero-order chi connectivity index (χ0) is 20.1. The van der Waals surface area contributed by atoms with E-state index in [1.54, 1.807) is 38.1 Å². The summed E-state index contributed by atoms with van der Waals surface area (Å²) < 4.78 is 5.89. The predicted octanol–water partition coefficient (Wildman–Crippen LogP) is 4.59. The average molecular weight is 401 g/mol. The quantitative estimate of drug-likeness (QED) is 0.771. The molecule has 1 N–H and O–H groups in total. The lowest BCUT2D eigenvalue weighted by atomic mass is 10.0. The van der Waals surface area contributed by atoms with E-state index in [2.05, 4.69) is 41.4 Å². The molecule has 0 aromatic heterocycles. The highest BCUT2D eigenvalue weighted by Gasteiger charge is 2.32. The van der Waals surface area contributed by atoms with Gasteiger partial charge >= 0.3 is 0 Å². The summed E-state index contributed by atoms with van der Waals surface area (Å²) in [6, 6.07) is 15.9. The number of nitrogens with zero attached hydrogens (tertiary/aromatic N) is 1. The van der Waals surface area contributed by atoms with Crippen molar-refractivity contribution in [3.63, 3.8) is 0 Å². The number of piperidine rings is 1. The fraction of sp³-hybridized carbons (Fsp3) is 0.435. The van der Waals surface area contributed by atoms with E-state index in [4.69, 9.17) is 16.3 Å². The molecular formula is C23H29ClN2O2. The highest BCUT2D eigenvalue weighted by Crippen LogP contribution is 2.22. The Bertz CT molecular complexity index is 797. The number of benzene rings is 2. The SMILES string of the molecule is Cc1cccc(CN2CCC(NC(=O)C(C)(C)Oc3ccc(Cl)cc3)CC2)c1. The molecule has 3 rings (SSSR count). The van der Waals surface area contributed by atoms with Crippen molar-refractivity contribution in [1.29, 1.82) is 0 Å². The van der Waals surface area contributed by atoms with E-state index in [1.807, 2.05) is 0 Å². The van der Waals surface area contributed by atoms with Crippen molar-refractivity contribution < 1.29 is 9.53 Å². The summed E-state index contributed by atoms with van der Waals surface area (Å²) in [6.07, 6.45) is 1.91. The number of hydrogen-bond acceptors (Lipinski definition) is 3. The van der Waals surface area contributed by atoms with Gasteiger partial charge in [0.15, 0.2) is 5.60 Å². The van der Waals surface area contributed by atoms with Gasteiger partial charge in [-0.3, -0.25) is 9.69 Å². The lowest BCUT2D eigenvalue weighted by Crippen LogP contribution is -2.52. The van der Waals surface area contributed by atoms with Crippen LogP contribution in [-0.2, 0) is 11.3 Å². The van der Waals surface area contributed by atoms with Crippen molar-refractivity contribution in [2.75, 3.05) is 13.1 Å². The molecule has 0 spiro atoms. The minimum Gasteiger partial charge on any atom is -0.478 e. The fourth-order valence-electron chi connectivity index (χ4n) is 3.51. The normalized spacial score (nSPS) is 16.0. The molecule has 1 fully saturated rings. The molecule has 5 heteroatoms. The third-order valence-electron chi connectivity index (χ3n) is 5.14. The first kappa shape index (κ1) is 20.7. The van der Waals surface area contributed by atoms with Gasteiger partial charge in [0.25, 0.3) is 5.91 Å². The Kier molecular flexibility index (Phi) is 6.63. The first-order valence-electron chi connectivity index (χ1n) is 9.85. The van der Waals surface area contributed by atoms with Crippen LogP contribution in [0.4, 0.5) is 0 Å². The summed E-state index contributed by atoms with van der Waals surface area (Å²) in [5.74, 6) is 0.553. The molecule has 0 radical (unpaired) electrons. The molecule has 2 aromatic carbocycles.